The van der Waals surface area contributed by atoms with Gasteiger partial charge in [0.05, 0.1) is 12.7 Å². The SMILES string of the molecule is CN(C)C(=O)COC[C@]12CCCO[C@@H]1CCN(Cc1ccsc1)C2. The Hall–Kier alpha value is -0.950. The minimum Gasteiger partial charge on any atom is -0.377 e. The monoisotopic (exact) mass is 352 g/mol. The van der Waals surface area contributed by atoms with Crippen LogP contribution in [0.5, 0.6) is 0 Å². The predicted molar refractivity (Wildman–Crippen MR) is 95.1 cm³/mol. The third kappa shape index (κ3) is 4.17. The number of hydrogen-bond acceptors (Lipinski definition) is 5. The molecule has 0 saturated carbocycles. The molecular formula is C18H28N2O3S. The summed E-state index contributed by atoms with van der Waals surface area (Å²) >= 11 is 1.75. The summed E-state index contributed by atoms with van der Waals surface area (Å²) in [5.74, 6) is 0.0191. The van der Waals surface area contributed by atoms with Crippen LogP contribution in [-0.4, -0.2) is 68.8 Å². The molecule has 134 valence electrons. The van der Waals surface area contributed by atoms with Gasteiger partial charge in [-0.1, -0.05) is 0 Å². The number of piperidine rings is 1. The molecule has 2 atom stereocenters. The van der Waals surface area contributed by atoms with Gasteiger partial charge in [-0.3, -0.25) is 9.69 Å². The van der Waals surface area contributed by atoms with Crippen LogP contribution in [0.15, 0.2) is 16.8 Å². The highest BCUT2D eigenvalue weighted by Gasteiger charge is 2.46. The molecule has 1 aromatic rings. The standard InChI is InChI=1S/C18H28N2O3S/c1-19(2)17(21)11-22-14-18-6-3-8-23-16(18)4-7-20(13-18)10-15-5-9-24-12-15/h5,9,12,16H,3-4,6-8,10-11,13-14H2,1-2H3/t16-,18-/m1/s1. The molecule has 0 unspecified atom stereocenters. The summed E-state index contributed by atoms with van der Waals surface area (Å²) in [7, 11) is 3.53. The van der Waals surface area contributed by atoms with E-state index in [1.807, 2.05) is 0 Å². The summed E-state index contributed by atoms with van der Waals surface area (Å²) in [4.78, 5) is 15.9. The van der Waals surface area contributed by atoms with E-state index in [9.17, 15) is 4.79 Å². The highest BCUT2D eigenvalue weighted by molar-refractivity contribution is 7.07. The first-order valence-corrected chi connectivity index (χ1v) is 9.66. The van der Waals surface area contributed by atoms with Crippen molar-refractivity contribution in [1.29, 1.82) is 0 Å². The van der Waals surface area contributed by atoms with Gasteiger partial charge in [0.1, 0.15) is 6.61 Å². The highest BCUT2D eigenvalue weighted by atomic mass is 32.1. The molecule has 0 aliphatic carbocycles. The second-order valence-corrected chi connectivity index (χ2v) is 8.02. The number of likely N-dealkylation sites (N-methyl/N-ethyl adjacent to an activating group) is 1. The third-order valence-corrected chi connectivity index (χ3v) is 5.90. The van der Waals surface area contributed by atoms with Gasteiger partial charge in [0, 0.05) is 45.8 Å². The molecule has 3 rings (SSSR count). The number of nitrogens with zero attached hydrogens (tertiary/aromatic N) is 2. The smallest absolute Gasteiger partial charge is 0.248 e. The fourth-order valence-electron chi connectivity index (χ4n) is 3.84. The van der Waals surface area contributed by atoms with Crippen LogP contribution in [0.1, 0.15) is 24.8 Å². The van der Waals surface area contributed by atoms with Crippen LogP contribution in [0.3, 0.4) is 0 Å². The maximum atomic E-state index is 11.8. The Morgan fingerprint density at radius 3 is 3.17 bits per heavy atom. The van der Waals surface area contributed by atoms with Gasteiger partial charge in [0.2, 0.25) is 5.91 Å². The molecule has 2 aliphatic heterocycles. The molecule has 3 heterocycles. The summed E-state index contributed by atoms with van der Waals surface area (Å²) in [5, 5.41) is 4.36. The Morgan fingerprint density at radius 1 is 1.54 bits per heavy atom. The number of thiophene rings is 1. The molecule has 0 radical (unpaired) electrons. The number of hydrogen-bond donors (Lipinski definition) is 0. The van der Waals surface area contributed by atoms with Gasteiger partial charge in [-0.2, -0.15) is 11.3 Å². The minimum absolute atomic E-state index is 0.0191. The largest absolute Gasteiger partial charge is 0.377 e. The zero-order chi connectivity index (χ0) is 17.0. The first-order valence-electron chi connectivity index (χ1n) is 8.72. The van der Waals surface area contributed by atoms with Crippen LogP contribution in [0.25, 0.3) is 0 Å². The Balaban J connectivity index is 1.62. The molecule has 1 amide bonds. The number of rotatable bonds is 6. The number of carbonyl (C=O) groups excluding carboxylic acids is 1. The van der Waals surface area contributed by atoms with Crippen molar-refractivity contribution in [3.8, 4) is 0 Å². The fourth-order valence-corrected chi connectivity index (χ4v) is 4.50. The molecule has 6 heteroatoms. The van der Waals surface area contributed by atoms with Crippen LogP contribution in [0, 0.1) is 5.41 Å². The van der Waals surface area contributed by atoms with Gasteiger partial charge in [-0.25, -0.2) is 0 Å². The van der Waals surface area contributed by atoms with Crippen molar-refractivity contribution in [3.63, 3.8) is 0 Å². The fraction of sp³-hybridized carbons (Fsp3) is 0.722. The molecule has 2 aliphatic rings. The number of fused-ring (bicyclic) bond motifs is 1. The van der Waals surface area contributed by atoms with E-state index in [1.165, 1.54) is 5.56 Å². The Bertz CT molecular complexity index is 534. The number of amides is 1. The first-order chi connectivity index (χ1) is 11.6. The third-order valence-electron chi connectivity index (χ3n) is 5.17. The summed E-state index contributed by atoms with van der Waals surface area (Å²) in [6.45, 7) is 4.67. The minimum atomic E-state index is 0.0191. The zero-order valence-corrected chi connectivity index (χ0v) is 15.5. The van der Waals surface area contributed by atoms with Crippen molar-refractivity contribution in [3.05, 3.63) is 22.4 Å². The first kappa shape index (κ1) is 17.9. The lowest BCUT2D eigenvalue weighted by atomic mass is 9.73. The quantitative estimate of drug-likeness (QED) is 0.787. The van der Waals surface area contributed by atoms with Gasteiger partial charge >= 0.3 is 0 Å². The second kappa shape index (κ2) is 7.95. The lowest BCUT2D eigenvalue weighted by molar-refractivity contribution is -0.160. The molecule has 1 aromatic heterocycles. The van der Waals surface area contributed by atoms with Crippen molar-refractivity contribution < 1.29 is 14.3 Å². The van der Waals surface area contributed by atoms with Gasteiger partial charge in [-0.05, 0) is 41.7 Å². The molecule has 0 bridgehead atoms. The van der Waals surface area contributed by atoms with E-state index in [0.717, 1.165) is 45.5 Å². The lowest BCUT2D eigenvalue weighted by Gasteiger charge is -2.50. The summed E-state index contributed by atoms with van der Waals surface area (Å²) in [6, 6.07) is 2.20. The van der Waals surface area contributed by atoms with E-state index in [4.69, 9.17) is 9.47 Å². The Labute approximate surface area is 148 Å². The maximum Gasteiger partial charge on any atom is 0.248 e. The summed E-state index contributed by atoms with van der Waals surface area (Å²) in [6.07, 6.45) is 3.51. The maximum absolute atomic E-state index is 11.8. The van der Waals surface area contributed by atoms with Crippen LogP contribution in [0.2, 0.25) is 0 Å². The molecule has 24 heavy (non-hydrogen) atoms. The van der Waals surface area contributed by atoms with E-state index >= 15 is 0 Å². The highest BCUT2D eigenvalue weighted by Crippen LogP contribution is 2.40. The van der Waals surface area contributed by atoms with Crippen molar-refractivity contribution in [2.75, 3.05) is 47.0 Å². The van der Waals surface area contributed by atoms with Gasteiger partial charge in [-0.15, -0.1) is 0 Å². The number of carbonyl (C=O) groups is 1. The van der Waals surface area contributed by atoms with Crippen molar-refractivity contribution >= 4 is 17.2 Å². The molecule has 0 N–H and O–H groups in total. The van der Waals surface area contributed by atoms with E-state index < -0.39 is 0 Å². The number of likely N-dealkylation sites (tertiary alicyclic amines) is 1. The van der Waals surface area contributed by atoms with Crippen molar-refractivity contribution in [2.45, 2.75) is 31.9 Å². The number of ether oxygens (including phenoxy) is 2. The van der Waals surface area contributed by atoms with Crippen LogP contribution in [-0.2, 0) is 20.8 Å². The Morgan fingerprint density at radius 2 is 2.42 bits per heavy atom. The van der Waals surface area contributed by atoms with Gasteiger partial charge < -0.3 is 14.4 Å². The molecule has 2 saturated heterocycles. The van der Waals surface area contributed by atoms with E-state index in [2.05, 4.69) is 21.7 Å². The molecular weight excluding hydrogens is 324 g/mol. The normalized spacial score (nSPS) is 27.7. The zero-order valence-electron chi connectivity index (χ0n) is 14.7. The molecule has 0 aromatic carbocycles. The van der Waals surface area contributed by atoms with E-state index in [0.29, 0.717) is 6.61 Å². The van der Waals surface area contributed by atoms with Gasteiger partial charge in [0.25, 0.3) is 0 Å². The molecule has 5 nitrogen and oxygen atoms in total. The van der Waals surface area contributed by atoms with Crippen molar-refractivity contribution in [2.24, 2.45) is 5.41 Å². The van der Waals surface area contributed by atoms with Crippen molar-refractivity contribution in [1.82, 2.24) is 9.80 Å². The van der Waals surface area contributed by atoms with Gasteiger partial charge in [0.15, 0.2) is 0 Å². The predicted octanol–water partition coefficient (Wildman–Crippen LogP) is 2.22. The second-order valence-electron chi connectivity index (χ2n) is 7.24. The summed E-state index contributed by atoms with van der Waals surface area (Å²) in [5.41, 5.74) is 1.41. The van der Waals surface area contributed by atoms with E-state index in [-0.39, 0.29) is 24.0 Å². The van der Waals surface area contributed by atoms with E-state index in [1.54, 1.807) is 30.3 Å². The van der Waals surface area contributed by atoms with Crippen LogP contribution >= 0.6 is 11.3 Å². The Kier molecular flexibility index (Phi) is 5.92. The average Bonchev–Trinajstić information content (AvgIpc) is 3.07. The molecule has 0 spiro atoms. The average molecular weight is 352 g/mol. The topological polar surface area (TPSA) is 42.0 Å². The summed E-state index contributed by atoms with van der Waals surface area (Å²) < 4.78 is 11.9. The lowest BCUT2D eigenvalue weighted by Crippen LogP contribution is -2.56. The molecule has 2 fully saturated rings. The van der Waals surface area contributed by atoms with Crippen LogP contribution in [0.4, 0.5) is 0 Å². The van der Waals surface area contributed by atoms with Crippen LogP contribution < -0.4 is 0 Å².